The fraction of sp³-hybridized carbons (Fsp3) is 0.909. The molecule has 1 unspecified atom stereocenters. The SMILES string of the molecule is CCOC1CCCN(C(=NC(C)C)NN)C1. The van der Waals surface area contributed by atoms with Crippen molar-refractivity contribution in [3.8, 4) is 0 Å². The normalized spacial score (nSPS) is 22.7. The molecule has 0 saturated carbocycles. The third-order valence-electron chi connectivity index (χ3n) is 2.59. The van der Waals surface area contributed by atoms with Gasteiger partial charge in [-0.3, -0.25) is 5.43 Å². The number of hydrogen-bond acceptors (Lipinski definition) is 3. The molecule has 94 valence electrons. The van der Waals surface area contributed by atoms with Gasteiger partial charge >= 0.3 is 0 Å². The van der Waals surface area contributed by atoms with Crippen molar-refractivity contribution in [2.45, 2.75) is 45.8 Å². The Kier molecular flexibility index (Phi) is 5.55. The highest BCUT2D eigenvalue weighted by molar-refractivity contribution is 5.79. The van der Waals surface area contributed by atoms with Crippen LogP contribution in [0.2, 0.25) is 0 Å². The summed E-state index contributed by atoms with van der Waals surface area (Å²) in [5, 5.41) is 0. The summed E-state index contributed by atoms with van der Waals surface area (Å²) >= 11 is 0. The predicted octanol–water partition coefficient (Wildman–Crippen LogP) is 0.715. The van der Waals surface area contributed by atoms with Gasteiger partial charge in [0.05, 0.1) is 6.10 Å². The Bertz CT molecular complexity index is 228. The van der Waals surface area contributed by atoms with Crippen LogP contribution in [-0.4, -0.2) is 42.7 Å². The molecule has 5 nitrogen and oxygen atoms in total. The van der Waals surface area contributed by atoms with Gasteiger partial charge in [0.15, 0.2) is 0 Å². The number of nitrogens with one attached hydrogen (secondary N) is 1. The molecule has 0 aliphatic carbocycles. The second kappa shape index (κ2) is 6.70. The summed E-state index contributed by atoms with van der Waals surface area (Å²) in [5.41, 5.74) is 2.69. The van der Waals surface area contributed by atoms with Crippen LogP contribution < -0.4 is 11.3 Å². The molecule has 0 aromatic carbocycles. The summed E-state index contributed by atoms with van der Waals surface area (Å²) in [6, 6.07) is 0.249. The molecule has 3 N–H and O–H groups in total. The molecule has 1 atom stereocenters. The molecule has 5 heteroatoms. The molecule has 1 fully saturated rings. The number of likely N-dealkylation sites (tertiary alicyclic amines) is 1. The van der Waals surface area contributed by atoms with Crippen LogP contribution in [-0.2, 0) is 4.74 Å². The number of piperidine rings is 1. The van der Waals surface area contributed by atoms with Crippen LogP contribution in [0.25, 0.3) is 0 Å². The minimum Gasteiger partial charge on any atom is -0.377 e. The molecule has 0 spiro atoms. The molecule has 1 aliphatic heterocycles. The van der Waals surface area contributed by atoms with Crippen molar-refractivity contribution in [3.05, 3.63) is 0 Å². The van der Waals surface area contributed by atoms with Crippen LogP contribution in [0, 0.1) is 0 Å². The standard InChI is InChI=1S/C11H24N4O/c1-4-16-10-6-5-7-15(8-10)11(14-12)13-9(2)3/h9-10H,4-8,12H2,1-3H3,(H,13,14). The Morgan fingerprint density at radius 2 is 2.38 bits per heavy atom. The third-order valence-corrected chi connectivity index (χ3v) is 2.59. The van der Waals surface area contributed by atoms with Crippen molar-refractivity contribution in [1.82, 2.24) is 10.3 Å². The first-order chi connectivity index (χ1) is 7.67. The Morgan fingerprint density at radius 1 is 1.62 bits per heavy atom. The van der Waals surface area contributed by atoms with E-state index in [0.29, 0.717) is 6.10 Å². The van der Waals surface area contributed by atoms with E-state index in [1.807, 2.05) is 20.8 Å². The first kappa shape index (κ1) is 13.3. The first-order valence-corrected chi connectivity index (χ1v) is 6.08. The van der Waals surface area contributed by atoms with Crippen molar-refractivity contribution < 1.29 is 4.74 Å². The fourth-order valence-corrected chi connectivity index (χ4v) is 1.96. The average Bonchev–Trinajstić information content (AvgIpc) is 2.26. The van der Waals surface area contributed by atoms with E-state index in [1.165, 1.54) is 0 Å². The lowest BCUT2D eigenvalue weighted by Crippen LogP contribution is -2.51. The molecule has 0 bridgehead atoms. The van der Waals surface area contributed by atoms with Crippen molar-refractivity contribution in [2.75, 3.05) is 19.7 Å². The third kappa shape index (κ3) is 3.98. The van der Waals surface area contributed by atoms with Gasteiger partial charge in [-0.1, -0.05) is 0 Å². The lowest BCUT2D eigenvalue weighted by molar-refractivity contribution is 0.0227. The number of guanidine groups is 1. The Labute approximate surface area is 98.0 Å². The van der Waals surface area contributed by atoms with Gasteiger partial charge in [0.25, 0.3) is 0 Å². The van der Waals surface area contributed by atoms with Crippen molar-refractivity contribution in [1.29, 1.82) is 0 Å². The van der Waals surface area contributed by atoms with E-state index in [4.69, 9.17) is 10.6 Å². The summed E-state index contributed by atoms with van der Waals surface area (Å²) in [6.45, 7) is 8.76. The highest BCUT2D eigenvalue weighted by Crippen LogP contribution is 2.13. The van der Waals surface area contributed by atoms with Crippen molar-refractivity contribution in [3.63, 3.8) is 0 Å². The van der Waals surface area contributed by atoms with Crippen molar-refractivity contribution in [2.24, 2.45) is 10.8 Å². The van der Waals surface area contributed by atoms with Gasteiger partial charge in [-0.15, -0.1) is 0 Å². The minimum atomic E-state index is 0.249. The largest absolute Gasteiger partial charge is 0.377 e. The highest BCUT2D eigenvalue weighted by Gasteiger charge is 2.22. The van der Waals surface area contributed by atoms with Crippen LogP contribution in [0.1, 0.15) is 33.6 Å². The number of ether oxygens (including phenoxy) is 1. The maximum atomic E-state index is 5.65. The van der Waals surface area contributed by atoms with Gasteiger partial charge in [-0.2, -0.15) is 0 Å². The smallest absolute Gasteiger partial charge is 0.208 e. The van der Waals surface area contributed by atoms with E-state index in [1.54, 1.807) is 0 Å². The molecule has 0 aromatic rings. The maximum Gasteiger partial charge on any atom is 0.208 e. The summed E-state index contributed by atoms with van der Waals surface area (Å²) in [7, 11) is 0. The molecule has 16 heavy (non-hydrogen) atoms. The summed E-state index contributed by atoms with van der Waals surface area (Å²) in [5.74, 6) is 6.29. The van der Waals surface area contributed by atoms with Gasteiger partial charge in [-0.05, 0) is 33.6 Å². The van der Waals surface area contributed by atoms with E-state index in [2.05, 4.69) is 15.3 Å². The Hall–Kier alpha value is -0.810. The number of nitrogens with two attached hydrogens (primary N) is 1. The topological polar surface area (TPSA) is 62.9 Å². The molecule has 1 rings (SSSR count). The van der Waals surface area contributed by atoms with Crippen LogP contribution in [0.5, 0.6) is 0 Å². The molecule has 0 radical (unpaired) electrons. The lowest BCUT2D eigenvalue weighted by atomic mass is 10.1. The zero-order valence-electron chi connectivity index (χ0n) is 10.6. The molecular formula is C11H24N4O. The molecule has 1 saturated heterocycles. The van der Waals surface area contributed by atoms with Crippen LogP contribution in [0.3, 0.4) is 0 Å². The van der Waals surface area contributed by atoms with Gasteiger partial charge in [-0.25, -0.2) is 10.8 Å². The highest BCUT2D eigenvalue weighted by atomic mass is 16.5. The number of aliphatic imine (C=N–C) groups is 1. The van der Waals surface area contributed by atoms with E-state index in [0.717, 1.165) is 38.5 Å². The number of nitrogens with zero attached hydrogens (tertiary/aromatic N) is 2. The summed E-state index contributed by atoms with van der Waals surface area (Å²) in [6.07, 6.45) is 2.57. The number of hydrogen-bond donors (Lipinski definition) is 2. The Balaban J connectivity index is 2.57. The van der Waals surface area contributed by atoms with Gasteiger partial charge in [0.1, 0.15) is 0 Å². The molecule has 0 amide bonds. The summed E-state index contributed by atoms with van der Waals surface area (Å²) < 4.78 is 5.65. The maximum absolute atomic E-state index is 5.65. The lowest BCUT2D eigenvalue weighted by Gasteiger charge is -2.34. The van der Waals surface area contributed by atoms with E-state index in [9.17, 15) is 0 Å². The zero-order chi connectivity index (χ0) is 12.0. The quantitative estimate of drug-likeness (QED) is 0.323. The minimum absolute atomic E-state index is 0.249. The van der Waals surface area contributed by atoms with Crippen LogP contribution >= 0.6 is 0 Å². The summed E-state index contributed by atoms with van der Waals surface area (Å²) in [4.78, 5) is 6.64. The van der Waals surface area contributed by atoms with Crippen LogP contribution in [0.4, 0.5) is 0 Å². The van der Waals surface area contributed by atoms with Crippen molar-refractivity contribution >= 4 is 5.96 Å². The van der Waals surface area contributed by atoms with Gasteiger partial charge < -0.3 is 9.64 Å². The fourth-order valence-electron chi connectivity index (χ4n) is 1.96. The van der Waals surface area contributed by atoms with Gasteiger partial charge in [0.2, 0.25) is 5.96 Å². The first-order valence-electron chi connectivity index (χ1n) is 6.08. The van der Waals surface area contributed by atoms with Gasteiger partial charge in [0, 0.05) is 25.7 Å². The number of rotatable bonds is 3. The molecule has 0 aromatic heterocycles. The second-order valence-electron chi connectivity index (χ2n) is 4.36. The van der Waals surface area contributed by atoms with Crippen LogP contribution in [0.15, 0.2) is 4.99 Å². The molecule has 1 heterocycles. The number of hydrazine groups is 1. The average molecular weight is 228 g/mol. The monoisotopic (exact) mass is 228 g/mol. The molecular weight excluding hydrogens is 204 g/mol. The predicted molar refractivity (Wildman–Crippen MR) is 66.1 cm³/mol. The zero-order valence-corrected chi connectivity index (χ0v) is 10.6. The van der Waals surface area contributed by atoms with E-state index < -0.39 is 0 Å². The Morgan fingerprint density at radius 3 is 2.94 bits per heavy atom. The van der Waals surface area contributed by atoms with E-state index in [-0.39, 0.29) is 6.04 Å². The molecule has 1 aliphatic rings. The second-order valence-corrected chi connectivity index (χ2v) is 4.36. The van der Waals surface area contributed by atoms with E-state index >= 15 is 0 Å².